The third-order valence-electron chi connectivity index (χ3n) is 5.91. The molecule has 0 spiro atoms. The number of esters is 1. The van der Waals surface area contributed by atoms with Crippen LogP contribution >= 0.6 is 11.3 Å². The smallest absolute Gasteiger partial charge is 0.349 e. The average Bonchev–Trinajstić information content (AvgIpc) is 3.26. The molecule has 0 aliphatic heterocycles. The lowest BCUT2D eigenvalue weighted by Gasteiger charge is -2.17. The van der Waals surface area contributed by atoms with Gasteiger partial charge in [0.2, 0.25) is 0 Å². The van der Waals surface area contributed by atoms with Gasteiger partial charge >= 0.3 is 5.97 Å². The zero-order valence-electron chi connectivity index (χ0n) is 19.4. The lowest BCUT2D eigenvalue weighted by Crippen LogP contribution is -2.21. The summed E-state index contributed by atoms with van der Waals surface area (Å²) in [7, 11) is 0. The van der Waals surface area contributed by atoms with E-state index in [1.54, 1.807) is 0 Å². The Bertz CT molecular complexity index is 1190. The number of hydrogen-bond acceptors (Lipinski definition) is 6. The number of rotatable bonds is 7. The molecule has 1 amide bonds. The number of hydrogen-bond donors (Lipinski definition) is 1. The number of nitrogens with one attached hydrogen (secondary N) is 1. The van der Waals surface area contributed by atoms with Gasteiger partial charge in [0, 0.05) is 22.8 Å². The van der Waals surface area contributed by atoms with Gasteiger partial charge in [-0.1, -0.05) is 13.8 Å². The molecule has 7 nitrogen and oxygen atoms in total. The summed E-state index contributed by atoms with van der Waals surface area (Å²) in [5.74, 6) is -0.840. The quantitative estimate of drug-likeness (QED) is 0.364. The Morgan fingerprint density at radius 1 is 1.36 bits per heavy atom. The first-order chi connectivity index (χ1) is 15.8. The molecule has 8 heteroatoms. The molecule has 0 saturated heterocycles. The van der Waals surface area contributed by atoms with Crippen LogP contribution < -0.4 is 5.32 Å². The number of nitrogens with zero attached hydrogens (tertiary/aromatic N) is 3. The van der Waals surface area contributed by atoms with Crippen molar-refractivity contribution in [2.45, 2.75) is 59.9 Å². The van der Waals surface area contributed by atoms with Crippen LogP contribution in [0.25, 0.3) is 6.08 Å². The summed E-state index contributed by atoms with van der Waals surface area (Å²) in [5, 5.41) is 22.2. The average molecular weight is 465 g/mol. The second-order valence-corrected chi connectivity index (χ2v) is 9.55. The first kappa shape index (κ1) is 24.3. The SMILES string of the molecule is CCCn1c(C)cc(/C=C(\C#N)C(=O)OCC(=O)Nc2sc3c(c2C#N)CCC(C)C3)c1C. The molecule has 2 aromatic rings. The van der Waals surface area contributed by atoms with Crippen LogP contribution in [-0.2, 0) is 33.7 Å². The zero-order valence-corrected chi connectivity index (χ0v) is 20.3. The number of aromatic nitrogens is 1. The molecular weight excluding hydrogens is 436 g/mol. The minimum absolute atomic E-state index is 0.169. The van der Waals surface area contributed by atoms with Crippen molar-refractivity contribution in [3.05, 3.63) is 44.6 Å². The third kappa shape index (κ3) is 5.35. The summed E-state index contributed by atoms with van der Waals surface area (Å²) in [5.41, 5.74) is 4.14. The Morgan fingerprint density at radius 2 is 2.12 bits per heavy atom. The van der Waals surface area contributed by atoms with Gasteiger partial charge < -0.3 is 14.6 Å². The third-order valence-corrected chi connectivity index (χ3v) is 7.08. The number of nitriles is 2. The van der Waals surface area contributed by atoms with E-state index in [-0.39, 0.29) is 5.57 Å². The van der Waals surface area contributed by atoms with Crippen molar-refractivity contribution >= 4 is 34.3 Å². The van der Waals surface area contributed by atoms with E-state index in [1.165, 1.54) is 17.4 Å². The minimum atomic E-state index is -0.854. The normalized spacial score (nSPS) is 15.3. The zero-order chi connectivity index (χ0) is 24.1. The Kier molecular flexibility index (Phi) is 7.73. The Balaban J connectivity index is 1.66. The molecule has 2 aromatic heterocycles. The van der Waals surface area contributed by atoms with Crippen LogP contribution in [0.4, 0.5) is 5.00 Å². The van der Waals surface area contributed by atoms with Gasteiger partial charge in [-0.2, -0.15) is 10.5 Å². The highest BCUT2D eigenvalue weighted by Gasteiger charge is 2.25. The molecule has 1 unspecified atom stereocenters. The lowest BCUT2D eigenvalue weighted by atomic mass is 9.89. The van der Waals surface area contributed by atoms with E-state index in [1.807, 2.05) is 26.0 Å². The number of carbonyl (C=O) groups is 2. The monoisotopic (exact) mass is 464 g/mol. The molecule has 1 atom stereocenters. The van der Waals surface area contributed by atoms with Crippen LogP contribution in [0.3, 0.4) is 0 Å². The molecule has 1 aliphatic carbocycles. The van der Waals surface area contributed by atoms with E-state index in [0.29, 0.717) is 16.5 Å². The van der Waals surface area contributed by atoms with Gasteiger partial charge in [0.15, 0.2) is 6.61 Å². The first-order valence-corrected chi connectivity index (χ1v) is 11.9. The lowest BCUT2D eigenvalue weighted by molar-refractivity contribution is -0.142. The van der Waals surface area contributed by atoms with Gasteiger partial charge in [0.05, 0.1) is 5.56 Å². The van der Waals surface area contributed by atoms with Gasteiger partial charge in [-0.15, -0.1) is 11.3 Å². The fourth-order valence-electron chi connectivity index (χ4n) is 4.16. The number of ether oxygens (including phenoxy) is 1. The number of carbonyl (C=O) groups excluding carboxylic acids is 2. The van der Waals surface area contributed by atoms with Crippen LogP contribution in [0, 0.1) is 42.4 Å². The molecular formula is C25H28N4O3S. The molecule has 0 bridgehead atoms. The molecule has 1 N–H and O–H groups in total. The maximum Gasteiger partial charge on any atom is 0.349 e. The molecule has 3 rings (SSSR count). The van der Waals surface area contributed by atoms with Gasteiger partial charge in [0.25, 0.3) is 5.91 Å². The van der Waals surface area contributed by atoms with E-state index in [4.69, 9.17) is 4.74 Å². The van der Waals surface area contributed by atoms with Gasteiger partial charge in [0.1, 0.15) is 22.7 Å². The molecule has 2 heterocycles. The number of aryl methyl sites for hydroxylation is 1. The highest BCUT2D eigenvalue weighted by molar-refractivity contribution is 7.16. The highest BCUT2D eigenvalue weighted by atomic mass is 32.1. The summed E-state index contributed by atoms with van der Waals surface area (Å²) in [4.78, 5) is 26.0. The molecule has 0 aromatic carbocycles. The predicted molar refractivity (Wildman–Crippen MR) is 128 cm³/mol. The van der Waals surface area contributed by atoms with Crippen molar-refractivity contribution < 1.29 is 14.3 Å². The summed E-state index contributed by atoms with van der Waals surface area (Å²) >= 11 is 1.41. The van der Waals surface area contributed by atoms with Crippen LogP contribution in [0.1, 0.15) is 59.6 Å². The fourth-order valence-corrected chi connectivity index (χ4v) is 5.54. The van der Waals surface area contributed by atoms with Crippen molar-refractivity contribution in [1.29, 1.82) is 10.5 Å². The highest BCUT2D eigenvalue weighted by Crippen LogP contribution is 2.39. The largest absolute Gasteiger partial charge is 0.451 e. The Hall–Kier alpha value is -3.36. The second-order valence-electron chi connectivity index (χ2n) is 8.44. The van der Waals surface area contributed by atoms with Crippen molar-refractivity contribution in [2.24, 2.45) is 5.92 Å². The number of amides is 1. The van der Waals surface area contributed by atoms with Crippen molar-refractivity contribution in [2.75, 3.05) is 11.9 Å². The van der Waals surface area contributed by atoms with E-state index in [0.717, 1.165) is 59.6 Å². The number of thiophene rings is 1. The van der Waals surface area contributed by atoms with Crippen LogP contribution in [0.2, 0.25) is 0 Å². The topological polar surface area (TPSA) is 108 Å². The number of anilines is 1. The fraction of sp³-hybridized carbons (Fsp3) is 0.440. The second kappa shape index (κ2) is 10.5. The maximum atomic E-state index is 12.4. The summed E-state index contributed by atoms with van der Waals surface area (Å²) in [6, 6.07) is 5.99. The molecule has 0 fully saturated rings. The Labute approximate surface area is 198 Å². The van der Waals surface area contributed by atoms with E-state index in [2.05, 4.69) is 29.8 Å². The molecule has 172 valence electrons. The van der Waals surface area contributed by atoms with Crippen LogP contribution in [0.5, 0.6) is 0 Å². The Morgan fingerprint density at radius 3 is 2.79 bits per heavy atom. The van der Waals surface area contributed by atoms with Gasteiger partial charge in [-0.3, -0.25) is 4.79 Å². The maximum absolute atomic E-state index is 12.4. The van der Waals surface area contributed by atoms with Crippen molar-refractivity contribution in [1.82, 2.24) is 4.57 Å². The van der Waals surface area contributed by atoms with Crippen LogP contribution in [-0.4, -0.2) is 23.1 Å². The summed E-state index contributed by atoms with van der Waals surface area (Å²) < 4.78 is 7.22. The van der Waals surface area contributed by atoms with Gasteiger partial charge in [-0.25, -0.2) is 4.79 Å². The molecule has 0 saturated carbocycles. The number of fused-ring (bicyclic) bond motifs is 1. The van der Waals surface area contributed by atoms with E-state index < -0.39 is 18.5 Å². The summed E-state index contributed by atoms with van der Waals surface area (Å²) in [6.07, 6.45) is 5.22. The first-order valence-electron chi connectivity index (χ1n) is 11.1. The van der Waals surface area contributed by atoms with Gasteiger partial charge in [-0.05, 0) is 68.7 Å². The van der Waals surface area contributed by atoms with E-state index >= 15 is 0 Å². The molecule has 33 heavy (non-hydrogen) atoms. The minimum Gasteiger partial charge on any atom is -0.451 e. The molecule has 0 radical (unpaired) electrons. The van der Waals surface area contributed by atoms with E-state index in [9.17, 15) is 20.1 Å². The standard InChI is InChI=1S/C25H28N4O3S/c1-5-8-29-16(3)10-18(17(29)4)11-19(12-26)25(31)32-14-23(30)28-24-21(13-27)20-7-6-15(2)9-22(20)33-24/h10-11,15H,5-9,14H2,1-4H3,(H,28,30)/b19-11+. The van der Waals surface area contributed by atoms with Crippen molar-refractivity contribution in [3.63, 3.8) is 0 Å². The van der Waals surface area contributed by atoms with Crippen molar-refractivity contribution in [3.8, 4) is 12.1 Å². The predicted octanol–water partition coefficient (Wildman–Crippen LogP) is 4.66. The summed E-state index contributed by atoms with van der Waals surface area (Å²) in [6.45, 7) is 8.51. The molecule has 1 aliphatic rings. The van der Waals surface area contributed by atoms with Crippen LogP contribution in [0.15, 0.2) is 11.6 Å².